The molecule has 0 fully saturated rings. The molecule has 1 rings (SSSR count). The van der Waals surface area contributed by atoms with E-state index in [4.69, 9.17) is 9.57 Å². The fourth-order valence-electron chi connectivity index (χ4n) is 1.01. The Bertz CT molecular complexity index is 424. The molecule has 0 unspecified atom stereocenters. The van der Waals surface area contributed by atoms with E-state index in [1.165, 1.54) is 6.92 Å². The molecule has 4 nitrogen and oxygen atoms in total. The second-order valence-corrected chi connectivity index (χ2v) is 3.53. The standard InChI is InChI=1S/C13H15NO3/c1-10(2)17-14-11(3)13(15)16-9-12-7-5-4-6-8-12/h4-8H,1,9H2,2-3H3/b14-11+. The minimum Gasteiger partial charge on any atom is -0.456 e. The predicted molar refractivity (Wildman–Crippen MR) is 65.2 cm³/mol. The van der Waals surface area contributed by atoms with Crippen molar-refractivity contribution in [3.8, 4) is 0 Å². The van der Waals surface area contributed by atoms with E-state index in [1.807, 2.05) is 30.3 Å². The van der Waals surface area contributed by atoms with Crippen molar-refractivity contribution in [2.45, 2.75) is 20.5 Å². The molecular weight excluding hydrogens is 218 g/mol. The molecule has 0 aromatic heterocycles. The van der Waals surface area contributed by atoms with Crippen LogP contribution in [-0.2, 0) is 21.0 Å². The lowest BCUT2D eigenvalue weighted by molar-refractivity contribution is -0.137. The van der Waals surface area contributed by atoms with Crippen LogP contribution in [0.2, 0.25) is 0 Å². The number of nitrogens with zero attached hydrogens (tertiary/aromatic N) is 1. The summed E-state index contributed by atoms with van der Waals surface area (Å²) in [6.07, 6.45) is 0. The van der Waals surface area contributed by atoms with Gasteiger partial charge in [0.1, 0.15) is 12.4 Å². The third-order valence-electron chi connectivity index (χ3n) is 1.85. The van der Waals surface area contributed by atoms with E-state index in [-0.39, 0.29) is 12.3 Å². The Balaban J connectivity index is 2.44. The van der Waals surface area contributed by atoms with Gasteiger partial charge in [-0.2, -0.15) is 0 Å². The summed E-state index contributed by atoms with van der Waals surface area (Å²) in [4.78, 5) is 16.2. The van der Waals surface area contributed by atoms with Gasteiger partial charge in [-0.3, -0.25) is 0 Å². The van der Waals surface area contributed by atoms with Crippen LogP contribution < -0.4 is 0 Å². The second kappa shape index (κ2) is 6.48. The molecule has 17 heavy (non-hydrogen) atoms. The van der Waals surface area contributed by atoms with Crippen LogP contribution in [-0.4, -0.2) is 11.7 Å². The maximum atomic E-state index is 11.5. The van der Waals surface area contributed by atoms with Gasteiger partial charge >= 0.3 is 5.97 Å². The Morgan fingerprint density at radius 3 is 2.53 bits per heavy atom. The van der Waals surface area contributed by atoms with Crippen molar-refractivity contribution in [3.63, 3.8) is 0 Å². The molecule has 90 valence electrons. The second-order valence-electron chi connectivity index (χ2n) is 3.53. The van der Waals surface area contributed by atoms with Crippen LogP contribution in [0.25, 0.3) is 0 Å². The lowest BCUT2D eigenvalue weighted by Gasteiger charge is -2.04. The summed E-state index contributed by atoms with van der Waals surface area (Å²) in [6, 6.07) is 9.43. The van der Waals surface area contributed by atoms with E-state index < -0.39 is 5.97 Å². The number of carbonyl (C=O) groups excluding carboxylic acids is 1. The van der Waals surface area contributed by atoms with Crippen molar-refractivity contribution >= 4 is 11.7 Å². The van der Waals surface area contributed by atoms with Gasteiger partial charge < -0.3 is 9.57 Å². The highest BCUT2D eigenvalue weighted by atomic mass is 16.6. The van der Waals surface area contributed by atoms with E-state index in [0.717, 1.165) is 5.56 Å². The highest BCUT2D eigenvalue weighted by Crippen LogP contribution is 2.01. The SMILES string of the molecule is C=C(C)O/N=C(\C)C(=O)OCc1ccccc1. The first-order valence-corrected chi connectivity index (χ1v) is 5.18. The van der Waals surface area contributed by atoms with Gasteiger partial charge in [0.15, 0.2) is 5.71 Å². The number of esters is 1. The van der Waals surface area contributed by atoms with Crippen molar-refractivity contribution in [1.29, 1.82) is 0 Å². The lowest BCUT2D eigenvalue weighted by Crippen LogP contribution is -2.14. The molecule has 0 N–H and O–H groups in total. The Hall–Kier alpha value is -2.10. The molecule has 0 saturated heterocycles. The number of ether oxygens (including phenoxy) is 1. The van der Waals surface area contributed by atoms with E-state index in [9.17, 15) is 4.79 Å². The van der Waals surface area contributed by atoms with Gasteiger partial charge in [0.25, 0.3) is 0 Å². The average molecular weight is 233 g/mol. The average Bonchev–Trinajstić information content (AvgIpc) is 2.34. The van der Waals surface area contributed by atoms with Crippen LogP contribution in [0.1, 0.15) is 19.4 Å². The zero-order chi connectivity index (χ0) is 12.7. The van der Waals surface area contributed by atoms with Gasteiger partial charge in [-0.25, -0.2) is 4.79 Å². The summed E-state index contributed by atoms with van der Waals surface area (Å²) >= 11 is 0. The molecule has 4 heteroatoms. The molecule has 0 aliphatic carbocycles. The Labute approximate surface area is 101 Å². The number of hydrogen-bond acceptors (Lipinski definition) is 4. The van der Waals surface area contributed by atoms with Crippen LogP contribution in [0, 0.1) is 0 Å². The first kappa shape index (κ1) is 13.0. The van der Waals surface area contributed by atoms with Crippen molar-refractivity contribution in [2.75, 3.05) is 0 Å². The summed E-state index contributed by atoms with van der Waals surface area (Å²) in [6.45, 7) is 6.89. The van der Waals surface area contributed by atoms with Crippen LogP contribution >= 0.6 is 0 Å². The number of benzene rings is 1. The van der Waals surface area contributed by atoms with E-state index in [1.54, 1.807) is 6.92 Å². The Kier molecular flexibility index (Phi) is 4.94. The first-order valence-electron chi connectivity index (χ1n) is 5.18. The molecule has 0 saturated carbocycles. The quantitative estimate of drug-likeness (QED) is 0.340. The smallest absolute Gasteiger partial charge is 0.356 e. The summed E-state index contributed by atoms with van der Waals surface area (Å²) in [5.74, 6) is -0.0877. The van der Waals surface area contributed by atoms with Crippen molar-refractivity contribution in [1.82, 2.24) is 0 Å². The van der Waals surface area contributed by atoms with Crippen LogP contribution in [0.4, 0.5) is 0 Å². The molecule has 0 radical (unpaired) electrons. The molecule has 1 aromatic carbocycles. The topological polar surface area (TPSA) is 47.9 Å². The predicted octanol–water partition coefficient (Wildman–Crippen LogP) is 2.66. The zero-order valence-electron chi connectivity index (χ0n) is 9.97. The fraction of sp³-hybridized carbons (Fsp3) is 0.231. The summed E-state index contributed by atoms with van der Waals surface area (Å²) in [5.41, 5.74) is 1.08. The van der Waals surface area contributed by atoms with Crippen LogP contribution in [0.15, 0.2) is 47.8 Å². The molecule has 0 atom stereocenters. The van der Waals surface area contributed by atoms with Gasteiger partial charge in [-0.15, -0.1) is 0 Å². The number of allylic oxidation sites excluding steroid dienone is 1. The zero-order valence-corrected chi connectivity index (χ0v) is 9.97. The van der Waals surface area contributed by atoms with Crippen LogP contribution in [0.3, 0.4) is 0 Å². The number of hydrogen-bond donors (Lipinski definition) is 0. The summed E-state index contributed by atoms with van der Waals surface area (Å²) in [5, 5.41) is 3.58. The van der Waals surface area contributed by atoms with Crippen LogP contribution in [0.5, 0.6) is 0 Å². The molecule has 0 heterocycles. The molecule has 0 spiro atoms. The minimum absolute atomic E-state index is 0.156. The maximum absolute atomic E-state index is 11.5. The Morgan fingerprint density at radius 1 is 1.29 bits per heavy atom. The molecule has 0 bridgehead atoms. The van der Waals surface area contributed by atoms with Crippen molar-refractivity contribution in [3.05, 3.63) is 48.2 Å². The highest BCUT2D eigenvalue weighted by Gasteiger charge is 2.08. The van der Waals surface area contributed by atoms with E-state index in [2.05, 4.69) is 11.7 Å². The summed E-state index contributed by atoms with van der Waals surface area (Å²) < 4.78 is 5.04. The third-order valence-corrected chi connectivity index (χ3v) is 1.85. The maximum Gasteiger partial charge on any atom is 0.356 e. The molecule has 0 aliphatic rings. The van der Waals surface area contributed by atoms with Crippen molar-refractivity contribution < 1.29 is 14.4 Å². The minimum atomic E-state index is -0.505. The molecular formula is C13H15NO3. The highest BCUT2D eigenvalue weighted by molar-refractivity contribution is 6.35. The van der Waals surface area contributed by atoms with Gasteiger partial charge in [0.05, 0.1) is 0 Å². The third kappa shape index (κ3) is 4.97. The number of carbonyl (C=O) groups is 1. The Morgan fingerprint density at radius 2 is 1.94 bits per heavy atom. The number of rotatable bonds is 5. The van der Waals surface area contributed by atoms with E-state index in [0.29, 0.717) is 5.76 Å². The molecule has 1 aromatic rings. The lowest BCUT2D eigenvalue weighted by atomic mass is 10.2. The van der Waals surface area contributed by atoms with Gasteiger partial charge in [0.2, 0.25) is 0 Å². The van der Waals surface area contributed by atoms with Crippen molar-refractivity contribution in [2.24, 2.45) is 5.16 Å². The molecule has 0 aliphatic heterocycles. The fourth-order valence-corrected chi connectivity index (χ4v) is 1.01. The van der Waals surface area contributed by atoms with E-state index >= 15 is 0 Å². The largest absolute Gasteiger partial charge is 0.456 e. The number of oxime groups is 1. The van der Waals surface area contributed by atoms with Gasteiger partial charge in [-0.05, 0) is 19.4 Å². The first-order chi connectivity index (χ1) is 8.09. The molecule has 0 amide bonds. The van der Waals surface area contributed by atoms with Gasteiger partial charge in [0, 0.05) is 0 Å². The summed E-state index contributed by atoms with van der Waals surface area (Å²) in [7, 11) is 0. The normalized spacial score (nSPS) is 10.8. The van der Waals surface area contributed by atoms with Gasteiger partial charge in [-0.1, -0.05) is 42.1 Å². The monoisotopic (exact) mass is 233 g/mol.